The molecular formula is C21H26N4O. The summed E-state index contributed by atoms with van der Waals surface area (Å²) in [5.74, 6) is 0.134. The minimum atomic E-state index is 0.134. The van der Waals surface area contributed by atoms with Crippen LogP contribution in [0, 0.1) is 0 Å². The molecule has 1 aromatic heterocycles. The van der Waals surface area contributed by atoms with Gasteiger partial charge in [-0.05, 0) is 54.8 Å². The van der Waals surface area contributed by atoms with Gasteiger partial charge in [0.25, 0.3) is 0 Å². The maximum absolute atomic E-state index is 11.7. The number of fused-ring (bicyclic) bond motifs is 1. The first-order valence-electron chi connectivity index (χ1n) is 9.43. The van der Waals surface area contributed by atoms with Crippen LogP contribution in [0.5, 0.6) is 0 Å². The number of carbonyl (C=O) groups is 1. The first-order chi connectivity index (χ1) is 12.6. The summed E-state index contributed by atoms with van der Waals surface area (Å²) in [5, 5.41) is 0. The molecule has 2 aliphatic rings. The molecule has 3 heterocycles. The molecule has 0 bridgehead atoms. The van der Waals surface area contributed by atoms with Gasteiger partial charge in [-0.2, -0.15) is 0 Å². The number of hydrogen-bond donors (Lipinski definition) is 0. The first kappa shape index (κ1) is 17.0. The van der Waals surface area contributed by atoms with Crippen molar-refractivity contribution in [3.63, 3.8) is 0 Å². The van der Waals surface area contributed by atoms with Gasteiger partial charge < -0.3 is 9.80 Å². The van der Waals surface area contributed by atoms with E-state index in [1.807, 2.05) is 17.3 Å². The molecule has 4 rings (SSSR count). The van der Waals surface area contributed by atoms with Crippen molar-refractivity contribution in [2.75, 3.05) is 42.5 Å². The van der Waals surface area contributed by atoms with Gasteiger partial charge in [0, 0.05) is 69.5 Å². The van der Waals surface area contributed by atoms with E-state index < -0.39 is 0 Å². The van der Waals surface area contributed by atoms with Crippen LogP contribution >= 0.6 is 0 Å². The fourth-order valence-corrected chi connectivity index (χ4v) is 4.13. The lowest BCUT2D eigenvalue weighted by atomic mass is 10.1. The summed E-state index contributed by atoms with van der Waals surface area (Å²) in [5.41, 5.74) is 5.00. The Morgan fingerprint density at radius 1 is 1.04 bits per heavy atom. The number of piperazine rings is 1. The van der Waals surface area contributed by atoms with E-state index in [1.165, 1.54) is 16.8 Å². The normalized spacial score (nSPS) is 18.7. The van der Waals surface area contributed by atoms with Crippen molar-refractivity contribution < 1.29 is 4.79 Å². The van der Waals surface area contributed by atoms with Crippen molar-refractivity contribution >= 4 is 17.3 Å². The Labute approximate surface area is 155 Å². The van der Waals surface area contributed by atoms with Crippen molar-refractivity contribution in [2.24, 2.45) is 0 Å². The van der Waals surface area contributed by atoms with Gasteiger partial charge in [0.05, 0.1) is 0 Å². The highest BCUT2D eigenvalue weighted by Crippen LogP contribution is 2.32. The summed E-state index contributed by atoms with van der Waals surface area (Å²) in [6.07, 6.45) is 4.70. The van der Waals surface area contributed by atoms with E-state index in [0.717, 1.165) is 44.8 Å². The summed E-state index contributed by atoms with van der Waals surface area (Å²) < 4.78 is 0. The summed E-state index contributed by atoms with van der Waals surface area (Å²) in [6, 6.07) is 11.2. The maximum Gasteiger partial charge on any atom is 0.223 e. The molecule has 0 spiro atoms. The smallest absolute Gasteiger partial charge is 0.223 e. The number of hydrogen-bond acceptors (Lipinski definition) is 4. The Bertz CT molecular complexity index is 784. The highest BCUT2D eigenvalue weighted by Gasteiger charge is 2.25. The van der Waals surface area contributed by atoms with E-state index >= 15 is 0 Å². The molecule has 1 unspecified atom stereocenters. The third-order valence-electron chi connectivity index (χ3n) is 5.75. The highest BCUT2D eigenvalue weighted by molar-refractivity contribution is 5.94. The molecule has 0 radical (unpaired) electrons. The van der Waals surface area contributed by atoms with Gasteiger partial charge in [0.2, 0.25) is 5.91 Å². The van der Waals surface area contributed by atoms with Gasteiger partial charge in [-0.1, -0.05) is 0 Å². The van der Waals surface area contributed by atoms with Gasteiger partial charge in [-0.25, -0.2) is 0 Å². The SMILES string of the molecule is CC(=O)N1CCc2cc(N3CCN(C(C)c4ccncc4)CC3)ccc21. The fourth-order valence-electron chi connectivity index (χ4n) is 4.13. The van der Waals surface area contributed by atoms with E-state index in [4.69, 9.17) is 0 Å². The van der Waals surface area contributed by atoms with Crippen molar-refractivity contribution in [3.05, 3.63) is 53.9 Å². The van der Waals surface area contributed by atoms with Crippen LogP contribution in [0.2, 0.25) is 0 Å². The lowest BCUT2D eigenvalue weighted by Crippen LogP contribution is -2.47. The third-order valence-corrected chi connectivity index (χ3v) is 5.75. The number of carbonyl (C=O) groups excluding carboxylic acids is 1. The van der Waals surface area contributed by atoms with Crippen LogP contribution in [0.1, 0.15) is 31.0 Å². The van der Waals surface area contributed by atoms with Crippen molar-refractivity contribution in [2.45, 2.75) is 26.3 Å². The second-order valence-electron chi connectivity index (χ2n) is 7.21. The molecule has 0 aliphatic carbocycles. The molecule has 2 aromatic rings. The van der Waals surface area contributed by atoms with Gasteiger partial charge in [-0.3, -0.25) is 14.7 Å². The lowest BCUT2D eigenvalue weighted by molar-refractivity contribution is -0.116. The van der Waals surface area contributed by atoms with Crippen LogP contribution in [-0.2, 0) is 11.2 Å². The van der Waals surface area contributed by atoms with Gasteiger partial charge in [-0.15, -0.1) is 0 Å². The first-order valence-corrected chi connectivity index (χ1v) is 9.43. The number of aromatic nitrogens is 1. The van der Waals surface area contributed by atoms with Crippen LogP contribution in [-0.4, -0.2) is 48.5 Å². The van der Waals surface area contributed by atoms with Crippen LogP contribution in [0.3, 0.4) is 0 Å². The Kier molecular flexibility index (Phi) is 4.64. The zero-order valence-corrected chi connectivity index (χ0v) is 15.6. The fraction of sp³-hybridized carbons (Fsp3) is 0.429. The molecule has 1 amide bonds. The minimum Gasteiger partial charge on any atom is -0.369 e. The molecule has 2 aliphatic heterocycles. The van der Waals surface area contributed by atoms with E-state index in [2.05, 4.69) is 52.0 Å². The monoisotopic (exact) mass is 350 g/mol. The molecular weight excluding hydrogens is 324 g/mol. The number of rotatable bonds is 3. The topological polar surface area (TPSA) is 39.7 Å². The van der Waals surface area contributed by atoms with Crippen LogP contribution in [0.25, 0.3) is 0 Å². The minimum absolute atomic E-state index is 0.134. The predicted molar refractivity (Wildman–Crippen MR) is 105 cm³/mol. The molecule has 1 fully saturated rings. The molecule has 1 aromatic carbocycles. The number of amides is 1. The quantitative estimate of drug-likeness (QED) is 0.853. The van der Waals surface area contributed by atoms with Crippen LogP contribution < -0.4 is 9.80 Å². The van der Waals surface area contributed by atoms with Gasteiger partial charge in [0.1, 0.15) is 0 Å². The molecule has 1 saturated heterocycles. The number of benzene rings is 1. The van der Waals surface area contributed by atoms with Gasteiger partial charge >= 0.3 is 0 Å². The average molecular weight is 350 g/mol. The maximum atomic E-state index is 11.7. The van der Waals surface area contributed by atoms with E-state index in [-0.39, 0.29) is 5.91 Å². The Morgan fingerprint density at radius 3 is 2.46 bits per heavy atom. The standard InChI is InChI=1S/C21H26N4O/c1-16(18-5-8-22-9-6-18)23-11-13-24(14-12-23)20-3-4-21-19(15-20)7-10-25(21)17(2)26/h3-6,8-9,15-16H,7,10-14H2,1-2H3. The molecule has 5 nitrogen and oxygen atoms in total. The summed E-state index contributed by atoms with van der Waals surface area (Å²) in [7, 11) is 0. The lowest BCUT2D eigenvalue weighted by Gasteiger charge is -2.39. The second kappa shape index (κ2) is 7.08. The molecule has 0 N–H and O–H groups in total. The number of pyridine rings is 1. The van der Waals surface area contributed by atoms with E-state index in [1.54, 1.807) is 6.92 Å². The Hall–Kier alpha value is -2.40. The molecule has 26 heavy (non-hydrogen) atoms. The Morgan fingerprint density at radius 2 is 1.77 bits per heavy atom. The zero-order valence-electron chi connectivity index (χ0n) is 15.6. The summed E-state index contributed by atoms with van der Waals surface area (Å²) >= 11 is 0. The third kappa shape index (κ3) is 3.19. The zero-order chi connectivity index (χ0) is 18.1. The van der Waals surface area contributed by atoms with Crippen molar-refractivity contribution in [3.8, 4) is 0 Å². The van der Waals surface area contributed by atoms with E-state index in [9.17, 15) is 4.79 Å². The van der Waals surface area contributed by atoms with Crippen LogP contribution in [0.15, 0.2) is 42.7 Å². The molecule has 1 atom stereocenters. The molecule has 5 heteroatoms. The summed E-state index contributed by atoms with van der Waals surface area (Å²) in [6.45, 7) is 8.91. The van der Waals surface area contributed by atoms with E-state index in [0.29, 0.717) is 6.04 Å². The number of anilines is 2. The predicted octanol–water partition coefficient (Wildman–Crippen LogP) is 2.87. The highest BCUT2D eigenvalue weighted by atomic mass is 16.2. The molecule has 136 valence electrons. The summed E-state index contributed by atoms with van der Waals surface area (Å²) in [4.78, 5) is 22.7. The number of nitrogens with zero attached hydrogens (tertiary/aromatic N) is 4. The largest absolute Gasteiger partial charge is 0.369 e. The van der Waals surface area contributed by atoms with Crippen molar-refractivity contribution in [1.29, 1.82) is 0 Å². The second-order valence-corrected chi connectivity index (χ2v) is 7.21. The van der Waals surface area contributed by atoms with Gasteiger partial charge in [0.15, 0.2) is 0 Å². The van der Waals surface area contributed by atoms with Crippen LogP contribution in [0.4, 0.5) is 11.4 Å². The van der Waals surface area contributed by atoms with Crippen molar-refractivity contribution in [1.82, 2.24) is 9.88 Å². The molecule has 0 saturated carbocycles. The average Bonchev–Trinajstić information content (AvgIpc) is 3.12. The Balaban J connectivity index is 1.42.